The number of hydrogen-bond donors (Lipinski definition) is 1. The summed E-state index contributed by atoms with van der Waals surface area (Å²) in [5, 5.41) is 3.29. The predicted octanol–water partition coefficient (Wildman–Crippen LogP) is 1.06. The summed E-state index contributed by atoms with van der Waals surface area (Å²) in [4.78, 5) is 11.7. The largest absolute Gasteiger partial charge is 0.328 e. The van der Waals surface area contributed by atoms with Crippen molar-refractivity contribution in [3.63, 3.8) is 0 Å². The molecule has 4 heteroatoms. The van der Waals surface area contributed by atoms with Crippen LogP contribution in [-0.4, -0.2) is 21.7 Å². The van der Waals surface area contributed by atoms with Crippen LogP contribution in [0.2, 0.25) is 0 Å². The SMILES string of the molecule is CCCn1ccn(CCNC(C)C)c1=O. The van der Waals surface area contributed by atoms with Gasteiger partial charge in [-0.1, -0.05) is 20.8 Å². The van der Waals surface area contributed by atoms with E-state index in [-0.39, 0.29) is 5.69 Å². The zero-order chi connectivity index (χ0) is 11.3. The Balaban J connectivity index is 2.51. The van der Waals surface area contributed by atoms with Crippen LogP contribution in [0.25, 0.3) is 0 Å². The summed E-state index contributed by atoms with van der Waals surface area (Å²) < 4.78 is 3.51. The van der Waals surface area contributed by atoms with Gasteiger partial charge in [0.1, 0.15) is 0 Å². The summed E-state index contributed by atoms with van der Waals surface area (Å²) in [7, 11) is 0. The summed E-state index contributed by atoms with van der Waals surface area (Å²) in [6.07, 6.45) is 4.72. The van der Waals surface area contributed by atoms with Crippen LogP contribution >= 0.6 is 0 Å². The van der Waals surface area contributed by atoms with E-state index in [0.29, 0.717) is 6.04 Å². The van der Waals surface area contributed by atoms with Gasteiger partial charge in [0.05, 0.1) is 0 Å². The fourth-order valence-electron chi connectivity index (χ4n) is 1.51. The molecule has 0 aliphatic heterocycles. The second kappa shape index (κ2) is 5.75. The van der Waals surface area contributed by atoms with Gasteiger partial charge in [0.2, 0.25) is 0 Å². The molecule has 1 heterocycles. The molecule has 1 rings (SSSR count). The third-order valence-electron chi connectivity index (χ3n) is 2.29. The lowest BCUT2D eigenvalue weighted by atomic mass is 10.4. The lowest BCUT2D eigenvalue weighted by molar-refractivity contribution is 0.525. The van der Waals surface area contributed by atoms with Crippen LogP contribution in [0.3, 0.4) is 0 Å². The van der Waals surface area contributed by atoms with Crippen molar-refractivity contribution in [3.05, 3.63) is 22.9 Å². The summed E-state index contributed by atoms with van der Waals surface area (Å²) in [6, 6.07) is 0.471. The van der Waals surface area contributed by atoms with Crippen LogP contribution in [0.1, 0.15) is 27.2 Å². The van der Waals surface area contributed by atoms with E-state index in [1.807, 2.05) is 12.4 Å². The highest BCUT2D eigenvalue weighted by Gasteiger charge is 2.01. The van der Waals surface area contributed by atoms with E-state index in [0.717, 1.165) is 26.1 Å². The van der Waals surface area contributed by atoms with Gasteiger partial charge in [-0.25, -0.2) is 4.79 Å². The maximum Gasteiger partial charge on any atom is 0.328 e. The maximum absolute atomic E-state index is 11.7. The first-order valence-corrected chi connectivity index (χ1v) is 5.64. The smallest absolute Gasteiger partial charge is 0.313 e. The molecule has 15 heavy (non-hydrogen) atoms. The predicted molar refractivity (Wildman–Crippen MR) is 62.1 cm³/mol. The van der Waals surface area contributed by atoms with E-state index in [1.165, 1.54) is 0 Å². The van der Waals surface area contributed by atoms with Crippen molar-refractivity contribution in [2.75, 3.05) is 6.54 Å². The quantitative estimate of drug-likeness (QED) is 0.764. The molecule has 1 aromatic heterocycles. The number of rotatable bonds is 6. The summed E-state index contributed by atoms with van der Waals surface area (Å²) in [5.41, 5.74) is 0.0995. The molecule has 0 spiro atoms. The van der Waals surface area contributed by atoms with Gasteiger partial charge in [-0.2, -0.15) is 0 Å². The lowest BCUT2D eigenvalue weighted by Crippen LogP contribution is -2.31. The maximum atomic E-state index is 11.7. The molecule has 86 valence electrons. The number of hydrogen-bond acceptors (Lipinski definition) is 2. The normalized spacial score (nSPS) is 11.2. The molecule has 0 aliphatic rings. The highest BCUT2D eigenvalue weighted by Crippen LogP contribution is 1.88. The Morgan fingerprint density at radius 3 is 2.40 bits per heavy atom. The highest BCUT2D eigenvalue weighted by molar-refractivity contribution is 4.81. The Hall–Kier alpha value is -1.03. The number of aromatic nitrogens is 2. The molecule has 0 amide bonds. The Morgan fingerprint density at radius 2 is 1.87 bits per heavy atom. The minimum Gasteiger partial charge on any atom is -0.313 e. The molecule has 0 atom stereocenters. The molecule has 0 aromatic carbocycles. The fraction of sp³-hybridized carbons (Fsp3) is 0.727. The van der Waals surface area contributed by atoms with Crippen molar-refractivity contribution in [3.8, 4) is 0 Å². The summed E-state index contributed by atoms with van der Waals surface area (Å²) in [6.45, 7) is 8.67. The van der Waals surface area contributed by atoms with Crippen molar-refractivity contribution in [1.82, 2.24) is 14.5 Å². The van der Waals surface area contributed by atoms with Crippen LogP contribution < -0.4 is 11.0 Å². The number of aryl methyl sites for hydroxylation is 1. The molecule has 0 aliphatic carbocycles. The zero-order valence-electron chi connectivity index (χ0n) is 9.86. The van der Waals surface area contributed by atoms with Crippen LogP contribution in [0.5, 0.6) is 0 Å². The zero-order valence-corrected chi connectivity index (χ0v) is 9.86. The molecule has 0 bridgehead atoms. The van der Waals surface area contributed by atoms with E-state index in [9.17, 15) is 4.79 Å². The topological polar surface area (TPSA) is 39.0 Å². The van der Waals surface area contributed by atoms with Gasteiger partial charge >= 0.3 is 5.69 Å². The Labute approximate surface area is 90.9 Å². The van der Waals surface area contributed by atoms with Crippen LogP contribution in [-0.2, 0) is 13.1 Å². The minimum absolute atomic E-state index is 0.0995. The molecular formula is C11H21N3O. The van der Waals surface area contributed by atoms with Crippen molar-refractivity contribution in [2.45, 2.75) is 46.3 Å². The van der Waals surface area contributed by atoms with Crippen molar-refractivity contribution in [2.24, 2.45) is 0 Å². The van der Waals surface area contributed by atoms with E-state index in [1.54, 1.807) is 9.13 Å². The van der Waals surface area contributed by atoms with Crippen molar-refractivity contribution < 1.29 is 0 Å². The van der Waals surface area contributed by atoms with Gasteiger partial charge in [0.25, 0.3) is 0 Å². The summed E-state index contributed by atoms with van der Waals surface area (Å²) in [5.74, 6) is 0. The molecule has 0 unspecified atom stereocenters. The molecule has 4 nitrogen and oxygen atoms in total. The van der Waals surface area contributed by atoms with Gasteiger partial charge in [0, 0.05) is 38.1 Å². The van der Waals surface area contributed by atoms with Gasteiger partial charge in [-0.05, 0) is 6.42 Å². The first-order chi connectivity index (χ1) is 7.15. The van der Waals surface area contributed by atoms with Gasteiger partial charge in [0.15, 0.2) is 0 Å². The van der Waals surface area contributed by atoms with Crippen molar-refractivity contribution in [1.29, 1.82) is 0 Å². The first-order valence-electron chi connectivity index (χ1n) is 5.64. The van der Waals surface area contributed by atoms with Crippen LogP contribution in [0, 0.1) is 0 Å². The Morgan fingerprint density at radius 1 is 1.27 bits per heavy atom. The van der Waals surface area contributed by atoms with Gasteiger partial charge in [-0.15, -0.1) is 0 Å². The molecule has 0 saturated carbocycles. The second-order valence-electron chi connectivity index (χ2n) is 4.08. The molecule has 1 N–H and O–H groups in total. The minimum atomic E-state index is 0.0995. The number of nitrogens with zero attached hydrogens (tertiary/aromatic N) is 2. The molecule has 1 aromatic rings. The monoisotopic (exact) mass is 211 g/mol. The van der Waals surface area contributed by atoms with E-state index in [2.05, 4.69) is 26.1 Å². The standard InChI is InChI=1S/C11H21N3O/c1-4-6-13-8-9-14(11(13)15)7-5-12-10(2)3/h8-10,12H,4-7H2,1-3H3. The van der Waals surface area contributed by atoms with E-state index in [4.69, 9.17) is 0 Å². The average Bonchev–Trinajstić information content (AvgIpc) is 2.50. The number of imidazole rings is 1. The molecule has 0 saturated heterocycles. The van der Waals surface area contributed by atoms with Crippen molar-refractivity contribution >= 4 is 0 Å². The second-order valence-corrected chi connectivity index (χ2v) is 4.08. The number of nitrogens with one attached hydrogen (secondary N) is 1. The average molecular weight is 211 g/mol. The Bertz CT molecular complexity index is 338. The van der Waals surface area contributed by atoms with Crippen LogP contribution in [0.4, 0.5) is 0 Å². The van der Waals surface area contributed by atoms with E-state index < -0.39 is 0 Å². The molecule has 0 fully saturated rings. The lowest BCUT2D eigenvalue weighted by Gasteiger charge is -2.07. The van der Waals surface area contributed by atoms with Gasteiger partial charge in [-0.3, -0.25) is 9.13 Å². The summed E-state index contributed by atoms with van der Waals surface area (Å²) >= 11 is 0. The molecular weight excluding hydrogens is 190 g/mol. The van der Waals surface area contributed by atoms with E-state index >= 15 is 0 Å². The van der Waals surface area contributed by atoms with Gasteiger partial charge < -0.3 is 5.32 Å². The third kappa shape index (κ3) is 3.55. The highest BCUT2D eigenvalue weighted by atomic mass is 16.1. The Kier molecular flexibility index (Phi) is 4.62. The first kappa shape index (κ1) is 12.0. The van der Waals surface area contributed by atoms with Crippen LogP contribution in [0.15, 0.2) is 17.2 Å². The molecule has 0 radical (unpaired) electrons. The fourth-order valence-corrected chi connectivity index (χ4v) is 1.51. The third-order valence-corrected chi connectivity index (χ3v) is 2.29.